The van der Waals surface area contributed by atoms with E-state index in [4.69, 9.17) is 18.5 Å². The third-order valence-electron chi connectivity index (χ3n) is 8.69. The molecule has 0 aliphatic rings. The number of carbonyl (C=O) groups excluding carboxylic acids is 2. The molecule has 9 heteroatoms. The van der Waals surface area contributed by atoms with Crippen molar-refractivity contribution in [1.82, 2.24) is 0 Å². The Morgan fingerprint density at radius 2 is 0.911 bits per heavy atom. The predicted molar refractivity (Wildman–Crippen MR) is 234 cm³/mol. The van der Waals surface area contributed by atoms with Gasteiger partial charge in [0.1, 0.15) is 6.61 Å². The number of phosphoric acid groups is 1. The van der Waals surface area contributed by atoms with E-state index in [0.717, 1.165) is 96.3 Å². The average molecular weight is 803 g/mol. The first kappa shape index (κ1) is 53.2. The fourth-order valence-corrected chi connectivity index (χ4v) is 6.26. The molecule has 2 atom stereocenters. The lowest BCUT2D eigenvalue weighted by atomic mass is 10.1. The summed E-state index contributed by atoms with van der Waals surface area (Å²) in [6.07, 6.45) is 53.4. The van der Waals surface area contributed by atoms with Crippen molar-refractivity contribution in [1.29, 1.82) is 0 Å². The third kappa shape index (κ3) is 40.9. The monoisotopic (exact) mass is 803 g/mol. The summed E-state index contributed by atoms with van der Waals surface area (Å²) in [5, 5.41) is 0. The molecule has 0 heterocycles. The summed E-state index contributed by atoms with van der Waals surface area (Å²) < 4.78 is 32.6. The minimum absolute atomic E-state index is 0.0118. The van der Waals surface area contributed by atoms with Gasteiger partial charge < -0.3 is 14.4 Å². The predicted octanol–water partition coefficient (Wildman–Crippen LogP) is 13.9. The van der Waals surface area contributed by atoms with E-state index in [1.54, 1.807) is 6.92 Å². The molecule has 0 rings (SSSR count). The number of hydrogen-bond acceptors (Lipinski definition) is 7. The smallest absolute Gasteiger partial charge is 0.462 e. The lowest BCUT2D eigenvalue weighted by Gasteiger charge is -2.19. The molecule has 0 fully saturated rings. The van der Waals surface area contributed by atoms with Gasteiger partial charge in [0.05, 0.1) is 13.2 Å². The Labute approximate surface area is 342 Å². The van der Waals surface area contributed by atoms with E-state index in [0.29, 0.717) is 6.42 Å². The van der Waals surface area contributed by atoms with Gasteiger partial charge in [-0.1, -0.05) is 150 Å². The van der Waals surface area contributed by atoms with Gasteiger partial charge in [-0.2, -0.15) is 0 Å². The first-order valence-electron chi connectivity index (χ1n) is 21.9. The van der Waals surface area contributed by atoms with Gasteiger partial charge in [-0.25, -0.2) is 4.57 Å². The molecule has 0 saturated carbocycles. The van der Waals surface area contributed by atoms with Gasteiger partial charge in [0.2, 0.25) is 0 Å². The maximum absolute atomic E-state index is 12.6. The van der Waals surface area contributed by atoms with E-state index >= 15 is 0 Å². The van der Waals surface area contributed by atoms with Crippen LogP contribution in [0.4, 0.5) is 0 Å². The van der Waals surface area contributed by atoms with E-state index < -0.39 is 32.5 Å². The van der Waals surface area contributed by atoms with Crippen molar-refractivity contribution in [2.45, 2.75) is 181 Å². The van der Waals surface area contributed by atoms with Gasteiger partial charge in [0, 0.05) is 12.8 Å². The van der Waals surface area contributed by atoms with Crippen LogP contribution in [0.2, 0.25) is 0 Å². The Morgan fingerprint density at radius 3 is 1.38 bits per heavy atom. The first-order valence-corrected chi connectivity index (χ1v) is 23.4. The molecule has 0 bridgehead atoms. The van der Waals surface area contributed by atoms with Gasteiger partial charge >= 0.3 is 19.8 Å². The summed E-state index contributed by atoms with van der Waals surface area (Å²) in [6.45, 7) is 5.27. The quantitative estimate of drug-likeness (QED) is 0.0283. The molecular formula is C47H79O8P. The SMILES string of the molecule is CC/C=C\C/C=C\C/C=C\C/C=C\CCCCCCC(=O)OC(COC(=O)CCCCCCCC/C=C\C/C=C\C/C=C\CCCCC)COP(=O)(O)OCC. The Hall–Kier alpha value is -2.77. The van der Waals surface area contributed by atoms with Gasteiger partial charge in [0.15, 0.2) is 6.10 Å². The van der Waals surface area contributed by atoms with E-state index in [2.05, 4.69) is 98.9 Å². The molecule has 0 saturated heterocycles. The second-order valence-corrected chi connectivity index (χ2v) is 15.4. The fraction of sp³-hybridized carbons (Fsp3) is 0.660. The van der Waals surface area contributed by atoms with Crippen LogP contribution in [0.3, 0.4) is 0 Å². The van der Waals surface area contributed by atoms with Crippen LogP contribution in [0.25, 0.3) is 0 Å². The fourth-order valence-electron chi connectivity index (χ4n) is 5.51. The highest BCUT2D eigenvalue weighted by Crippen LogP contribution is 2.43. The maximum atomic E-state index is 12.6. The van der Waals surface area contributed by atoms with Crippen molar-refractivity contribution in [2.24, 2.45) is 0 Å². The summed E-state index contributed by atoms with van der Waals surface area (Å²) in [7, 11) is -4.30. The van der Waals surface area contributed by atoms with Gasteiger partial charge in [0.25, 0.3) is 0 Å². The van der Waals surface area contributed by atoms with Crippen LogP contribution in [-0.2, 0) is 32.7 Å². The second kappa shape index (κ2) is 41.9. The molecule has 8 nitrogen and oxygen atoms in total. The average Bonchev–Trinajstić information content (AvgIpc) is 3.18. The third-order valence-corrected chi connectivity index (χ3v) is 9.74. The number of rotatable bonds is 39. The molecule has 0 spiro atoms. The summed E-state index contributed by atoms with van der Waals surface area (Å²) in [5.74, 6) is -0.847. The topological polar surface area (TPSA) is 108 Å². The minimum Gasteiger partial charge on any atom is -0.462 e. The van der Waals surface area contributed by atoms with Crippen LogP contribution in [0.1, 0.15) is 175 Å². The van der Waals surface area contributed by atoms with Crippen molar-refractivity contribution in [2.75, 3.05) is 19.8 Å². The number of ether oxygens (including phenoxy) is 2. The van der Waals surface area contributed by atoms with Crippen LogP contribution in [0, 0.1) is 0 Å². The zero-order valence-electron chi connectivity index (χ0n) is 35.5. The van der Waals surface area contributed by atoms with E-state index in [9.17, 15) is 19.0 Å². The number of carbonyl (C=O) groups is 2. The Bertz CT molecular complexity index is 1180. The van der Waals surface area contributed by atoms with Crippen molar-refractivity contribution < 1.29 is 37.6 Å². The standard InChI is InChI=1S/C47H79O8P/c1-4-7-9-11-13-15-17-19-21-23-24-26-27-29-31-33-35-37-39-41-46(48)52-43-45(44-54-56(50,51)53-6-3)55-47(49)42-40-38-36-34-32-30-28-25-22-20-18-16-14-12-10-8-5-2/h8,10,13-16,19-22,24,26,28,30,45H,4-7,9,11-12,17-18,23,25,27,29,31-44H2,1-3H3,(H,50,51)/b10-8-,15-13-,16-14-,21-19-,22-20-,26-24-,30-28-. The molecule has 0 aromatic heterocycles. The molecule has 0 radical (unpaired) electrons. The highest BCUT2D eigenvalue weighted by Gasteiger charge is 2.25. The van der Waals surface area contributed by atoms with Crippen LogP contribution in [0.15, 0.2) is 85.1 Å². The van der Waals surface area contributed by atoms with Gasteiger partial charge in [-0.15, -0.1) is 0 Å². The van der Waals surface area contributed by atoms with E-state index in [1.165, 1.54) is 38.5 Å². The molecule has 56 heavy (non-hydrogen) atoms. The number of esters is 2. The molecule has 1 N–H and O–H groups in total. The Balaban J connectivity index is 4.17. The summed E-state index contributed by atoms with van der Waals surface area (Å²) >= 11 is 0. The number of phosphoric ester groups is 1. The zero-order valence-corrected chi connectivity index (χ0v) is 36.4. The maximum Gasteiger partial charge on any atom is 0.472 e. The summed E-state index contributed by atoms with van der Waals surface area (Å²) in [5.41, 5.74) is 0. The zero-order chi connectivity index (χ0) is 41.1. The van der Waals surface area contributed by atoms with Crippen molar-refractivity contribution in [3.05, 3.63) is 85.1 Å². The summed E-state index contributed by atoms with van der Waals surface area (Å²) in [6, 6.07) is 0. The number of hydrogen-bond donors (Lipinski definition) is 1. The molecule has 320 valence electrons. The molecule has 0 aromatic carbocycles. The molecule has 2 unspecified atom stereocenters. The number of allylic oxidation sites excluding steroid dienone is 14. The van der Waals surface area contributed by atoms with Crippen LogP contribution in [0.5, 0.6) is 0 Å². The van der Waals surface area contributed by atoms with Gasteiger partial charge in [-0.05, 0) is 96.8 Å². The summed E-state index contributed by atoms with van der Waals surface area (Å²) in [4.78, 5) is 34.8. The first-order chi connectivity index (χ1) is 27.3. The van der Waals surface area contributed by atoms with E-state index in [-0.39, 0.29) is 26.1 Å². The number of unbranched alkanes of at least 4 members (excludes halogenated alkanes) is 13. The lowest BCUT2D eigenvalue weighted by Crippen LogP contribution is -2.29. The Kier molecular flexibility index (Phi) is 39.8. The molecule has 0 aromatic rings. The Morgan fingerprint density at radius 1 is 0.500 bits per heavy atom. The van der Waals surface area contributed by atoms with Crippen molar-refractivity contribution in [3.63, 3.8) is 0 Å². The second-order valence-electron chi connectivity index (χ2n) is 14.0. The minimum atomic E-state index is -4.30. The van der Waals surface area contributed by atoms with Crippen LogP contribution in [-0.4, -0.2) is 42.8 Å². The molecular weight excluding hydrogens is 723 g/mol. The van der Waals surface area contributed by atoms with E-state index in [1.807, 2.05) is 0 Å². The van der Waals surface area contributed by atoms with Crippen molar-refractivity contribution in [3.8, 4) is 0 Å². The highest BCUT2D eigenvalue weighted by molar-refractivity contribution is 7.47. The molecule has 0 amide bonds. The molecule has 0 aliphatic heterocycles. The lowest BCUT2D eigenvalue weighted by molar-refractivity contribution is -0.161. The van der Waals surface area contributed by atoms with Crippen molar-refractivity contribution >= 4 is 19.8 Å². The van der Waals surface area contributed by atoms with Gasteiger partial charge in [-0.3, -0.25) is 18.6 Å². The largest absolute Gasteiger partial charge is 0.472 e. The van der Waals surface area contributed by atoms with Crippen LogP contribution >= 0.6 is 7.82 Å². The normalized spacial score (nSPS) is 14.1. The molecule has 0 aliphatic carbocycles. The van der Waals surface area contributed by atoms with Crippen LogP contribution < -0.4 is 0 Å². The highest BCUT2D eigenvalue weighted by atomic mass is 31.2.